The van der Waals surface area contributed by atoms with E-state index < -0.39 is 6.04 Å². The fraction of sp³-hybridized carbons (Fsp3) is 0.263. The number of imide groups is 1. The summed E-state index contributed by atoms with van der Waals surface area (Å²) in [5.41, 5.74) is 0.764. The quantitative estimate of drug-likeness (QED) is 0.819. The number of hydrogen-bond acceptors (Lipinski definition) is 5. The fourth-order valence-electron chi connectivity index (χ4n) is 2.60. The minimum absolute atomic E-state index is 0.169. The van der Waals surface area contributed by atoms with E-state index in [0.717, 1.165) is 16.3 Å². The number of nitrogens with zero attached hydrogens (tertiary/aromatic N) is 1. The Bertz CT molecular complexity index is 756. The molecule has 1 aliphatic heterocycles. The molecule has 25 heavy (non-hydrogen) atoms. The third kappa shape index (κ3) is 3.91. The molecule has 1 atom stereocenters. The van der Waals surface area contributed by atoms with Crippen LogP contribution in [-0.4, -0.2) is 36.4 Å². The predicted octanol–water partition coefficient (Wildman–Crippen LogP) is 3.05. The van der Waals surface area contributed by atoms with Gasteiger partial charge in [-0.25, -0.2) is 0 Å². The number of likely N-dealkylation sites (tertiary alicyclic amines) is 1. The van der Waals surface area contributed by atoms with E-state index in [1.807, 2.05) is 55.5 Å². The summed E-state index contributed by atoms with van der Waals surface area (Å²) in [6.45, 7) is 2.56. The number of likely N-dealkylation sites (N-methyl/N-ethyl adjacent to an activating group) is 1. The molecule has 6 heteroatoms. The molecule has 1 saturated heterocycles. The van der Waals surface area contributed by atoms with Gasteiger partial charge in [0, 0.05) is 12.7 Å². The number of hydrogen-bond donors (Lipinski definition) is 1. The van der Waals surface area contributed by atoms with Gasteiger partial charge in [-0.15, -0.1) is 0 Å². The lowest BCUT2D eigenvalue weighted by Gasteiger charge is -2.13. The molecule has 2 amide bonds. The number of anilines is 1. The van der Waals surface area contributed by atoms with Crippen molar-refractivity contribution in [1.82, 2.24) is 4.90 Å². The largest absolute Gasteiger partial charge is 0.494 e. The van der Waals surface area contributed by atoms with Crippen LogP contribution in [0.25, 0.3) is 0 Å². The summed E-state index contributed by atoms with van der Waals surface area (Å²) in [7, 11) is 1.50. The Balaban J connectivity index is 1.60. The number of rotatable bonds is 6. The molecule has 2 aromatic carbocycles. The molecule has 0 bridgehead atoms. The number of ether oxygens (including phenoxy) is 2. The summed E-state index contributed by atoms with van der Waals surface area (Å²) in [4.78, 5) is 24.6. The van der Waals surface area contributed by atoms with Crippen LogP contribution in [0.3, 0.4) is 0 Å². The van der Waals surface area contributed by atoms with Crippen LogP contribution in [0, 0.1) is 0 Å². The molecule has 0 aromatic heterocycles. The maximum absolute atomic E-state index is 11.9. The topological polar surface area (TPSA) is 67.9 Å². The summed E-state index contributed by atoms with van der Waals surface area (Å²) in [6.07, 6.45) is 0.180. The zero-order chi connectivity index (χ0) is 17.8. The highest BCUT2D eigenvalue weighted by Gasteiger charge is 2.35. The fourth-order valence-corrected chi connectivity index (χ4v) is 2.60. The molecule has 130 valence electrons. The maximum atomic E-state index is 11.9. The first-order valence-electron chi connectivity index (χ1n) is 8.14. The van der Waals surface area contributed by atoms with E-state index in [4.69, 9.17) is 9.47 Å². The van der Waals surface area contributed by atoms with Gasteiger partial charge in [-0.3, -0.25) is 14.5 Å². The molecule has 1 heterocycles. The van der Waals surface area contributed by atoms with Gasteiger partial charge < -0.3 is 14.8 Å². The Kier molecular flexibility index (Phi) is 4.88. The number of carbonyl (C=O) groups is 2. The lowest BCUT2D eigenvalue weighted by Crippen LogP contribution is -2.31. The maximum Gasteiger partial charge on any atom is 0.251 e. The minimum Gasteiger partial charge on any atom is -0.494 e. The number of amides is 2. The average molecular weight is 340 g/mol. The molecule has 2 aromatic rings. The monoisotopic (exact) mass is 340 g/mol. The van der Waals surface area contributed by atoms with Crippen LogP contribution in [0.2, 0.25) is 0 Å². The molecule has 0 spiro atoms. The Hall–Kier alpha value is -3.02. The van der Waals surface area contributed by atoms with Crippen molar-refractivity contribution < 1.29 is 19.1 Å². The minimum atomic E-state index is -0.504. The Morgan fingerprint density at radius 1 is 1.00 bits per heavy atom. The second kappa shape index (κ2) is 7.25. The zero-order valence-electron chi connectivity index (χ0n) is 14.2. The van der Waals surface area contributed by atoms with Crippen molar-refractivity contribution in [1.29, 1.82) is 0 Å². The SMILES string of the molecule is CCOc1ccc(Oc2ccc(NC3CC(=O)N(C)C3=O)cc2)cc1. The van der Waals surface area contributed by atoms with Gasteiger partial charge in [-0.1, -0.05) is 0 Å². The van der Waals surface area contributed by atoms with Crippen molar-refractivity contribution >= 4 is 17.5 Å². The highest BCUT2D eigenvalue weighted by atomic mass is 16.5. The Morgan fingerprint density at radius 2 is 1.56 bits per heavy atom. The molecular weight excluding hydrogens is 320 g/mol. The standard InChI is InChI=1S/C19H20N2O4/c1-3-24-14-8-10-16(11-9-14)25-15-6-4-13(5-7-15)20-17-12-18(22)21(2)19(17)23/h4-11,17,20H,3,12H2,1-2H3. The van der Waals surface area contributed by atoms with Crippen molar-refractivity contribution in [2.45, 2.75) is 19.4 Å². The first-order valence-corrected chi connectivity index (χ1v) is 8.14. The van der Waals surface area contributed by atoms with E-state index in [1.165, 1.54) is 7.05 Å². The van der Waals surface area contributed by atoms with Gasteiger partial charge in [-0.2, -0.15) is 0 Å². The molecule has 0 saturated carbocycles. The van der Waals surface area contributed by atoms with Crippen molar-refractivity contribution in [2.24, 2.45) is 0 Å². The van der Waals surface area contributed by atoms with Gasteiger partial charge in [0.2, 0.25) is 5.91 Å². The highest BCUT2D eigenvalue weighted by Crippen LogP contribution is 2.26. The van der Waals surface area contributed by atoms with E-state index in [-0.39, 0.29) is 18.2 Å². The van der Waals surface area contributed by atoms with Gasteiger partial charge in [0.25, 0.3) is 5.91 Å². The van der Waals surface area contributed by atoms with Crippen LogP contribution >= 0.6 is 0 Å². The molecule has 0 radical (unpaired) electrons. The normalized spacial score (nSPS) is 16.9. The third-order valence-corrected chi connectivity index (χ3v) is 3.95. The van der Waals surface area contributed by atoms with Gasteiger partial charge in [0.15, 0.2) is 0 Å². The smallest absolute Gasteiger partial charge is 0.251 e. The Labute approximate surface area is 146 Å². The third-order valence-electron chi connectivity index (χ3n) is 3.95. The first-order chi connectivity index (χ1) is 12.1. The molecule has 3 rings (SSSR count). The van der Waals surface area contributed by atoms with E-state index in [2.05, 4.69) is 5.32 Å². The molecule has 1 aliphatic rings. The van der Waals surface area contributed by atoms with Gasteiger partial charge >= 0.3 is 0 Å². The number of carbonyl (C=O) groups excluding carboxylic acids is 2. The summed E-state index contributed by atoms with van der Waals surface area (Å²) >= 11 is 0. The van der Waals surface area contributed by atoms with Crippen LogP contribution in [0.4, 0.5) is 5.69 Å². The van der Waals surface area contributed by atoms with E-state index in [1.54, 1.807) is 0 Å². The van der Waals surface area contributed by atoms with Crippen LogP contribution in [0.15, 0.2) is 48.5 Å². The van der Waals surface area contributed by atoms with Gasteiger partial charge in [0.1, 0.15) is 23.3 Å². The van der Waals surface area contributed by atoms with E-state index >= 15 is 0 Å². The van der Waals surface area contributed by atoms with Crippen LogP contribution in [0.5, 0.6) is 17.2 Å². The first kappa shape index (κ1) is 16.8. The van der Waals surface area contributed by atoms with Crippen molar-refractivity contribution in [3.63, 3.8) is 0 Å². The predicted molar refractivity (Wildman–Crippen MR) is 93.9 cm³/mol. The lowest BCUT2D eigenvalue weighted by atomic mass is 10.2. The molecule has 0 aliphatic carbocycles. The highest BCUT2D eigenvalue weighted by molar-refractivity contribution is 6.06. The second-order valence-corrected chi connectivity index (χ2v) is 5.72. The van der Waals surface area contributed by atoms with Gasteiger partial charge in [-0.05, 0) is 55.5 Å². The molecule has 6 nitrogen and oxygen atoms in total. The van der Waals surface area contributed by atoms with Gasteiger partial charge in [0.05, 0.1) is 13.0 Å². The number of nitrogens with one attached hydrogen (secondary N) is 1. The number of benzene rings is 2. The van der Waals surface area contributed by atoms with E-state index in [0.29, 0.717) is 18.1 Å². The van der Waals surface area contributed by atoms with Crippen molar-refractivity contribution in [2.75, 3.05) is 19.0 Å². The van der Waals surface area contributed by atoms with E-state index in [9.17, 15) is 9.59 Å². The van der Waals surface area contributed by atoms with Crippen molar-refractivity contribution in [3.05, 3.63) is 48.5 Å². The van der Waals surface area contributed by atoms with Crippen LogP contribution in [0.1, 0.15) is 13.3 Å². The summed E-state index contributed by atoms with van der Waals surface area (Å²) in [5, 5.41) is 3.08. The molecule has 1 unspecified atom stereocenters. The molecule has 1 fully saturated rings. The van der Waals surface area contributed by atoms with Crippen molar-refractivity contribution in [3.8, 4) is 17.2 Å². The Morgan fingerprint density at radius 3 is 2.08 bits per heavy atom. The summed E-state index contributed by atoms with van der Waals surface area (Å²) in [6, 6.07) is 14.1. The zero-order valence-corrected chi connectivity index (χ0v) is 14.2. The molecule has 1 N–H and O–H groups in total. The summed E-state index contributed by atoms with van der Waals surface area (Å²) < 4.78 is 11.2. The average Bonchev–Trinajstić information content (AvgIpc) is 2.85. The lowest BCUT2D eigenvalue weighted by molar-refractivity contribution is -0.136. The second-order valence-electron chi connectivity index (χ2n) is 5.72. The molecular formula is C19H20N2O4. The van der Waals surface area contributed by atoms with Crippen LogP contribution in [-0.2, 0) is 9.59 Å². The summed E-state index contributed by atoms with van der Waals surface area (Å²) in [5.74, 6) is 1.82. The van der Waals surface area contributed by atoms with Crippen LogP contribution < -0.4 is 14.8 Å².